The number of amides is 3. The van der Waals surface area contributed by atoms with E-state index < -0.39 is 28.7 Å². The maximum Gasteiger partial charge on any atom is 0.248 e. The number of likely N-dealkylation sites (tertiary alicyclic amines) is 1. The monoisotopic (exact) mass is 595 g/mol. The van der Waals surface area contributed by atoms with Crippen molar-refractivity contribution < 1.29 is 29.0 Å². The molecular formula is C32H41N3O6S. The smallest absolute Gasteiger partial charge is 0.248 e. The molecule has 0 aromatic heterocycles. The molecule has 3 saturated heterocycles. The van der Waals surface area contributed by atoms with Crippen LogP contribution in [0.2, 0.25) is 0 Å². The predicted octanol–water partition coefficient (Wildman–Crippen LogP) is 4.42. The van der Waals surface area contributed by atoms with E-state index >= 15 is 0 Å². The summed E-state index contributed by atoms with van der Waals surface area (Å²) < 4.78 is 9.98. The summed E-state index contributed by atoms with van der Waals surface area (Å²) in [6, 6.07) is 12.9. The van der Waals surface area contributed by atoms with Gasteiger partial charge >= 0.3 is 0 Å². The van der Waals surface area contributed by atoms with Gasteiger partial charge in [0.1, 0.15) is 17.5 Å². The van der Waals surface area contributed by atoms with Crippen LogP contribution in [0, 0.1) is 23.7 Å². The largest absolute Gasteiger partial charge is 0.497 e. The van der Waals surface area contributed by atoms with E-state index in [1.165, 1.54) is 0 Å². The van der Waals surface area contributed by atoms with Gasteiger partial charge in [0.2, 0.25) is 17.7 Å². The summed E-state index contributed by atoms with van der Waals surface area (Å²) in [6.07, 6.45) is 1.45. The number of anilines is 2. The molecule has 2 aromatic rings. The van der Waals surface area contributed by atoms with Crippen LogP contribution < -0.4 is 20.1 Å². The summed E-state index contributed by atoms with van der Waals surface area (Å²) in [4.78, 5) is 44.2. The van der Waals surface area contributed by atoms with E-state index in [1.807, 2.05) is 20.8 Å². The van der Waals surface area contributed by atoms with Gasteiger partial charge in [0.15, 0.2) is 0 Å². The first-order chi connectivity index (χ1) is 20.2. The number of benzene rings is 2. The molecule has 3 fully saturated rings. The molecule has 10 heteroatoms. The van der Waals surface area contributed by atoms with Gasteiger partial charge in [0.25, 0.3) is 0 Å². The maximum absolute atomic E-state index is 14.5. The minimum Gasteiger partial charge on any atom is -0.497 e. The van der Waals surface area contributed by atoms with Crippen LogP contribution in [0.5, 0.6) is 11.5 Å². The lowest BCUT2D eigenvalue weighted by Crippen LogP contribution is -2.58. The van der Waals surface area contributed by atoms with Crippen LogP contribution in [-0.2, 0) is 14.4 Å². The number of carbonyl (C=O) groups excluding carboxylic acids is 3. The van der Waals surface area contributed by atoms with Crippen LogP contribution in [0.3, 0.4) is 0 Å². The van der Waals surface area contributed by atoms with Gasteiger partial charge < -0.3 is 30.1 Å². The Labute approximate surface area is 251 Å². The van der Waals surface area contributed by atoms with Gasteiger partial charge in [0.05, 0.1) is 42.9 Å². The van der Waals surface area contributed by atoms with E-state index in [0.717, 1.165) is 12.8 Å². The Hall–Kier alpha value is -3.24. The number of hydrogen-bond acceptors (Lipinski definition) is 7. The molecule has 3 heterocycles. The van der Waals surface area contributed by atoms with Crippen LogP contribution in [0.25, 0.3) is 0 Å². The molecule has 3 amide bonds. The van der Waals surface area contributed by atoms with Crippen LogP contribution in [-0.4, -0.2) is 70.1 Å². The highest BCUT2D eigenvalue weighted by atomic mass is 32.2. The highest BCUT2D eigenvalue weighted by Crippen LogP contribution is 2.69. The first-order valence-corrected chi connectivity index (χ1v) is 15.7. The third-order valence-corrected chi connectivity index (χ3v) is 11.4. The van der Waals surface area contributed by atoms with E-state index in [4.69, 9.17) is 9.47 Å². The Bertz CT molecular complexity index is 1300. The topological polar surface area (TPSA) is 117 Å². The van der Waals surface area contributed by atoms with E-state index in [9.17, 15) is 19.5 Å². The molecule has 3 aliphatic rings. The fraction of sp³-hybridized carbons (Fsp3) is 0.531. The van der Waals surface area contributed by atoms with Gasteiger partial charge in [-0.05, 0) is 73.7 Å². The molecule has 3 N–H and O–H groups in total. The Morgan fingerprint density at radius 1 is 1.05 bits per heavy atom. The zero-order chi connectivity index (χ0) is 30.2. The molecule has 1 spiro atoms. The Morgan fingerprint density at radius 3 is 2.19 bits per heavy atom. The molecule has 226 valence electrons. The van der Waals surface area contributed by atoms with Crippen molar-refractivity contribution in [1.29, 1.82) is 0 Å². The molecule has 5 rings (SSSR count). The zero-order valence-corrected chi connectivity index (χ0v) is 25.6. The number of nitrogens with zero attached hydrogens (tertiary/aromatic N) is 1. The number of aliphatic hydroxyl groups excluding tert-OH is 1. The molecule has 42 heavy (non-hydrogen) atoms. The molecule has 2 bridgehead atoms. The summed E-state index contributed by atoms with van der Waals surface area (Å²) in [6.45, 7) is 8.28. The molecule has 9 nitrogen and oxygen atoms in total. The zero-order valence-electron chi connectivity index (χ0n) is 24.8. The number of ether oxygens (including phenoxy) is 2. The molecular weight excluding hydrogens is 554 g/mol. The molecule has 0 saturated carbocycles. The van der Waals surface area contributed by atoms with Gasteiger partial charge in [0, 0.05) is 16.6 Å². The Kier molecular flexibility index (Phi) is 8.76. The van der Waals surface area contributed by atoms with Crippen LogP contribution in [0.1, 0.15) is 40.5 Å². The first-order valence-electron chi connectivity index (χ1n) is 14.8. The fourth-order valence-electron chi connectivity index (χ4n) is 7.14. The average molecular weight is 596 g/mol. The quantitative estimate of drug-likeness (QED) is 0.352. The lowest BCUT2D eigenvalue weighted by atomic mass is 9.66. The number of aliphatic hydroxyl groups is 1. The second-order valence-electron chi connectivity index (χ2n) is 11.6. The summed E-state index contributed by atoms with van der Waals surface area (Å²) in [5.41, 5.74) is 1.22. The molecule has 3 aliphatic heterocycles. The first kappa shape index (κ1) is 30.2. The summed E-state index contributed by atoms with van der Waals surface area (Å²) in [5, 5.41) is 16.5. The standard InChI is InChI=1S/C32H41N3O6S/c1-6-18(3)24(17-36)35-28(30(38)34-21-8-12-22(40-5)13-9-21)32-19(4)16-25(42-32)26(27(32)31(35)39)29(37)33-20-10-14-23(15-11-20)41-7-2/h8-15,18-19,24-28,36H,6-7,16-17H2,1-5H3,(H,33,37)(H,34,38)/t18-,19?,24-,25-,26+,27-,28?,32?/m0/s1. The van der Waals surface area contributed by atoms with Gasteiger partial charge in [-0.25, -0.2) is 0 Å². The second kappa shape index (κ2) is 12.2. The van der Waals surface area contributed by atoms with Crippen molar-refractivity contribution in [2.75, 3.05) is 31.0 Å². The molecule has 3 unspecified atom stereocenters. The van der Waals surface area contributed by atoms with Gasteiger partial charge in [-0.15, -0.1) is 11.8 Å². The molecule has 8 atom stereocenters. The van der Waals surface area contributed by atoms with Crippen molar-refractivity contribution in [2.24, 2.45) is 23.7 Å². The van der Waals surface area contributed by atoms with Crippen molar-refractivity contribution in [3.05, 3.63) is 48.5 Å². The molecule has 0 aliphatic carbocycles. The highest BCUT2D eigenvalue weighted by molar-refractivity contribution is 8.02. The van der Waals surface area contributed by atoms with E-state index in [1.54, 1.807) is 72.3 Å². The Balaban J connectivity index is 1.50. The van der Waals surface area contributed by atoms with Crippen molar-refractivity contribution >= 4 is 40.9 Å². The van der Waals surface area contributed by atoms with Crippen LogP contribution in [0.15, 0.2) is 48.5 Å². The number of rotatable bonds is 11. The minimum atomic E-state index is -0.837. The van der Waals surface area contributed by atoms with E-state index in [0.29, 0.717) is 29.5 Å². The minimum absolute atomic E-state index is 0.0175. The number of methoxy groups -OCH3 is 1. The highest BCUT2D eigenvalue weighted by Gasteiger charge is 2.76. The third kappa shape index (κ3) is 5.02. The third-order valence-electron chi connectivity index (χ3n) is 9.37. The van der Waals surface area contributed by atoms with Crippen molar-refractivity contribution in [1.82, 2.24) is 4.90 Å². The fourth-order valence-corrected chi connectivity index (χ4v) is 9.55. The summed E-state index contributed by atoms with van der Waals surface area (Å²) in [5.74, 6) is -0.658. The SMILES string of the molecule is CCOc1ccc(NC(=O)[C@@H]2[C@@H]3CC(C)C4(S3)C(C(=O)Nc3ccc(OC)cc3)N([C@@H](CO)[C@@H](C)CC)C(=O)[C@H]24)cc1. The maximum atomic E-state index is 14.5. The number of hydrogen-bond donors (Lipinski definition) is 3. The van der Waals surface area contributed by atoms with E-state index in [2.05, 4.69) is 17.6 Å². The molecule has 0 radical (unpaired) electrons. The average Bonchev–Trinajstić information content (AvgIpc) is 3.58. The summed E-state index contributed by atoms with van der Waals surface area (Å²) in [7, 11) is 1.58. The van der Waals surface area contributed by atoms with Crippen LogP contribution >= 0.6 is 11.8 Å². The number of thioether (sulfide) groups is 1. The number of carbonyl (C=O) groups is 3. The normalized spacial score (nSPS) is 29.1. The number of nitrogens with one attached hydrogen (secondary N) is 2. The molecule has 2 aromatic carbocycles. The van der Waals surface area contributed by atoms with Gasteiger partial charge in [-0.3, -0.25) is 14.4 Å². The second-order valence-corrected chi connectivity index (χ2v) is 13.1. The Morgan fingerprint density at radius 2 is 1.64 bits per heavy atom. The van der Waals surface area contributed by atoms with Gasteiger partial charge in [-0.2, -0.15) is 0 Å². The van der Waals surface area contributed by atoms with E-state index in [-0.39, 0.29) is 41.4 Å². The lowest BCUT2D eigenvalue weighted by molar-refractivity contribution is -0.142. The van der Waals surface area contributed by atoms with Gasteiger partial charge in [-0.1, -0.05) is 27.2 Å². The van der Waals surface area contributed by atoms with Crippen molar-refractivity contribution in [3.8, 4) is 11.5 Å². The summed E-state index contributed by atoms with van der Waals surface area (Å²) >= 11 is 1.62. The number of fused-ring (bicyclic) bond motifs is 1. The van der Waals surface area contributed by atoms with Crippen molar-refractivity contribution in [2.45, 2.75) is 62.6 Å². The van der Waals surface area contributed by atoms with Crippen molar-refractivity contribution in [3.63, 3.8) is 0 Å². The lowest BCUT2D eigenvalue weighted by Gasteiger charge is -2.41. The van der Waals surface area contributed by atoms with Crippen LogP contribution in [0.4, 0.5) is 11.4 Å². The predicted molar refractivity (Wildman–Crippen MR) is 164 cm³/mol.